The standard InChI is InChI=1S/C16H19F7O3S/c1-12-6-8-13(9-7-12)27(24,25)26-11-5-3-2-4-10-14(17,18)15(19,20)16(21,22)23/h6-9H,2-5,10-11H2,1H3. The van der Waals surface area contributed by atoms with Gasteiger partial charge in [0.15, 0.2) is 0 Å². The second kappa shape index (κ2) is 8.76. The van der Waals surface area contributed by atoms with Crippen LogP contribution in [0.15, 0.2) is 29.2 Å². The van der Waals surface area contributed by atoms with Crippen molar-refractivity contribution >= 4 is 10.1 Å². The summed E-state index contributed by atoms with van der Waals surface area (Å²) in [6.45, 7) is 1.51. The highest BCUT2D eigenvalue weighted by Gasteiger charge is 2.72. The zero-order chi connectivity index (χ0) is 20.9. The van der Waals surface area contributed by atoms with Crippen molar-refractivity contribution in [3.8, 4) is 0 Å². The van der Waals surface area contributed by atoms with Gasteiger partial charge >= 0.3 is 18.0 Å². The molecule has 0 saturated heterocycles. The molecule has 0 atom stereocenters. The smallest absolute Gasteiger partial charge is 0.266 e. The number of halogens is 7. The van der Waals surface area contributed by atoms with Crippen LogP contribution in [0.25, 0.3) is 0 Å². The third-order valence-corrected chi connectivity index (χ3v) is 5.08. The quantitative estimate of drug-likeness (QED) is 0.284. The summed E-state index contributed by atoms with van der Waals surface area (Å²) in [5.74, 6) is -11.3. The third-order valence-electron chi connectivity index (χ3n) is 3.75. The van der Waals surface area contributed by atoms with Crippen molar-refractivity contribution in [3.63, 3.8) is 0 Å². The summed E-state index contributed by atoms with van der Waals surface area (Å²) < 4.78 is 116. The maximum absolute atomic E-state index is 13.1. The molecule has 0 aromatic heterocycles. The Labute approximate surface area is 152 Å². The Kier molecular flexibility index (Phi) is 7.69. The van der Waals surface area contributed by atoms with Crippen LogP contribution in [-0.2, 0) is 14.3 Å². The molecule has 1 rings (SSSR count). The number of aryl methyl sites for hydroxylation is 1. The predicted molar refractivity (Wildman–Crippen MR) is 83.4 cm³/mol. The molecule has 0 heterocycles. The van der Waals surface area contributed by atoms with E-state index < -0.39 is 41.0 Å². The number of benzene rings is 1. The molecule has 0 bridgehead atoms. The Morgan fingerprint density at radius 2 is 1.37 bits per heavy atom. The van der Waals surface area contributed by atoms with Gasteiger partial charge in [0.1, 0.15) is 0 Å². The predicted octanol–water partition coefficient (Wildman–Crippen LogP) is 5.48. The molecule has 1 aromatic rings. The van der Waals surface area contributed by atoms with Gasteiger partial charge in [0.2, 0.25) is 0 Å². The average Bonchev–Trinajstić information content (AvgIpc) is 2.53. The van der Waals surface area contributed by atoms with E-state index >= 15 is 0 Å². The second-order valence-corrected chi connectivity index (χ2v) is 7.65. The van der Waals surface area contributed by atoms with Gasteiger partial charge in [-0.1, -0.05) is 30.5 Å². The summed E-state index contributed by atoms with van der Waals surface area (Å²) in [4.78, 5) is -0.0536. The van der Waals surface area contributed by atoms with Gasteiger partial charge in [-0.25, -0.2) is 0 Å². The number of alkyl halides is 7. The van der Waals surface area contributed by atoms with E-state index in [9.17, 15) is 39.2 Å². The molecule has 1 aromatic carbocycles. The van der Waals surface area contributed by atoms with Gasteiger partial charge in [-0.2, -0.15) is 39.2 Å². The first-order valence-corrected chi connectivity index (χ1v) is 9.40. The third kappa shape index (κ3) is 6.34. The van der Waals surface area contributed by atoms with E-state index in [4.69, 9.17) is 4.18 Å². The molecule has 0 fully saturated rings. The summed E-state index contributed by atoms with van der Waals surface area (Å²) >= 11 is 0. The van der Waals surface area contributed by atoms with Crippen LogP contribution < -0.4 is 0 Å². The lowest BCUT2D eigenvalue weighted by molar-refractivity contribution is -0.355. The first kappa shape index (κ1) is 23.7. The van der Waals surface area contributed by atoms with Gasteiger partial charge in [0, 0.05) is 6.42 Å². The van der Waals surface area contributed by atoms with Gasteiger partial charge in [0.25, 0.3) is 10.1 Å². The first-order valence-electron chi connectivity index (χ1n) is 7.99. The SMILES string of the molecule is Cc1ccc(S(=O)(=O)OCCCCCCC(F)(F)C(F)(F)C(F)(F)F)cc1. The van der Waals surface area contributed by atoms with Crippen molar-refractivity contribution < 1.29 is 43.3 Å². The van der Waals surface area contributed by atoms with Crippen LogP contribution in [0.2, 0.25) is 0 Å². The van der Waals surface area contributed by atoms with Crippen molar-refractivity contribution in [2.24, 2.45) is 0 Å². The molecule has 0 aliphatic carbocycles. The molecule has 0 radical (unpaired) electrons. The van der Waals surface area contributed by atoms with E-state index in [0.29, 0.717) is 0 Å². The van der Waals surface area contributed by atoms with Crippen LogP contribution in [0.4, 0.5) is 30.7 Å². The normalized spacial score (nSPS) is 13.8. The molecule has 0 N–H and O–H groups in total. The molecular weight excluding hydrogens is 405 g/mol. The largest absolute Gasteiger partial charge is 0.459 e. The Balaban J connectivity index is 2.34. The molecule has 0 aliphatic heterocycles. The fourth-order valence-electron chi connectivity index (χ4n) is 2.11. The van der Waals surface area contributed by atoms with Crippen LogP contribution in [0, 0.1) is 6.92 Å². The highest BCUT2D eigenvalue weighted by atomic mass is 32.2. The minimum Gasteiger partial charge on any atom is -0.266 e. The van der Waals surface area contributed by atoms with E-state index in [0.717, 1.165) is 5.56 Å². The number of hydrogen-bond acceptors (Lipinski definition) is 3. The second-order valence-electron chi connectivity index (χ2n) is 6.03. The summed E-state index contributed by atoms with van der Waals surface area (Å²) in [6.07, 6.45) is -8.33. The molecule has 0 unspecified atom stereocenters. The molecule has 0 spiro atoms. The number of unbranched alkanes of at least 4 members (excludes halogenated alkanes) is 3. The van der Waals surface area contributed by atoms with Crippen LogP contribution in [0.5, 0.6) is 0 Å². The Morgan fingerprint density at radius 1 is 0.852 bits per heavy atom. The Hall–Kier alpha value is -1.36. The van der Waals surface area contributed by atoms with Gasteiger partial charge in [-0.15, -0.1) is 0 Å². The fraction of sp³-hybridized carbons (Fsp3) is 0.625. The number of rotatable bonds is 10. The summed E-state index contributed by atoms with van der Waals surface area (Å²) in [7, 11) is -3.97. The topological polar surface area (TPSA) is 43.4 Å². The van der Waals surface area contributed by atoms with Crippen LogP contribution >= 0.6 is 0 Å². The van der Waals surface area contributed by atoms with E-state index in [1.54, 1.807) is 19.1 Å². The van der Waals surface area contributed by atoms with Crippen LogP contribution in [0.1, 0.15) is 37.7 Å². The zero-order valence-electron chi connectivity index (χ0n) is 14.3. The maximum atomic E-state index is 13.1. The molecule has 3 nitrogen and oxygen atoms in total. The van der Waals surface area contributed by atoms with E-state index in [-0.39, 0.29) is 30.8 Å². The Bertz CT molecular complexity index is 698. The van der Waals surface area contributed by atoms with Crippen molar-refractivity contribution in [2.75, 3.05) is 6.61 Å². The molecule has 0 saturated carbocycles. The van der Waals surface area contributed by atoms with Gasteiger partial charge in [-0.05, 0) is 31.9 Å². The lowest BCUT2D eigenvalue weighted by Gasteiger charge is -2.28. The summed E-state index contributed by atoms with van der Waals surface area (Å²) in [5, 5.41) is 0. The van der Waals surface area contributed by atoms with Crippen LogP contribution in [0.3, 0.4) is 0 Å². The highest BCUT2D eigenvalue weighted by molar-refractivity contribution is 7.86. The minimum atomic E-state index is -6.32. The first-order chi connectivity index (χ1) is 12.2. The molecule has 27 heavy (non-hydrogen) atoms. The zero-order valence-corrected chi connectivity index (χ0v) is 15.1. The van der Waals surface area contributed by atoms with Gasteiger partial charge in [-0.3, -0.25) is 4.18 Å². The van der Waals surface area contributed by atoms with Crippen molar-refractivity contribution in [1.29, 1.82) is 0 Å². The van der Waals surface area contributed by atoms with Crippen LogP contribution in [-0.4, -0.2) is 33.0 Å². The van der Waals surface area contributed by atoms with E-state index in [1.807, 2.05) is 0 Å². The lowest BCUT2D eigenvalue weighted by Crippen LogP contribution is -2.51. The molecule has 156 valence electrons. The lowest BCUT2D eigenvalue weighted by atomic mass is 10.0. The van der Waals surface area contributed by atoms with E-state index in [2.05, 4.69) is 0 Å². The average molecular weight is 424 g/mol. The summed E-state index contributed by atoms with van der Waals surface area (Å²) in [6, 6.07) is 5.86. The van der Waals surface area contributed by atoms with E-state index in [1.165, 1.54) is 12.1 Å². The molecule has 0 aliphatic rings. The molecular formula is C16H19F7O3S. The highest BCUT2D eigenvalue weighted by Crippen LogP contribution is 2.48. The van der Waals surface area contributed by atoms with Gasteiger partial charge in [0.05, 0.1) is 11.5 Å². The maximum Gasteiger partial charge on any atom is 0.459 e. The van der Waals surface area contributed by atoms with Gasteiger partial charge < -0.3 is 0 Å². The molecule has 11 heteroatoms. The Morgan fingerprint density at radius 3 is 1.89 bits per heavy atom. The monoisotopic (exact) mass is 424 g/mol. The van der Waals surface area contributed by atoms with Crippen molar-refractivity contribution in [2.45, 2.75) is 61.9 Å². The van der Waals surface area contributed by atoms with Crippen molar-refractivity contribution in [3.05, 3.63) is 29.8 Å². The summed E-state index contributed by atoms with van der Waals surface area (Å²) in [5.41, 5.74) is 0.849. The minimum absolute atomic E-state index is 0.0536. The fourth-order valence-corrected chi connectivity index (χ4v) is 3.05. The van der Waals surface area contributed by atoms with Crippen molar-refractivity contribution in [1.82, 2.24) is 0 Å². The molecule has 0 amide bonds. The number of hydrogen-bond donors (Lipinski definition) is 0.